The summed E-state index contributed by atoms with van der Waals surface area (Å²) >= 11 is 0. The zero-order valence-electron chi connectivity index (χ0n) is 10.6. The average molecular weight is 264 g/mol. The molecule has 1 saturated heterocycles. The van der Waals surface area contributed by atoms with Crippen LogP contribution in [0.3, 0.4) is 0 Å². The molecule has 0 aliphatic carbocycles. The van der Waals surface area contributed by atoms with Crippen LogP contribution >= 0.6 is 0 Å². The van der Waals surface area contributed by atoms with Crippen LogP contribution in [0.15, 0.2) is 24.3 Å². The summed E-state index contributed by atoms with van der Waals surface area (Å²) in [4.78, 5) is 22.5. The smallest absolute Gasteiger partial charge is 0.338 e. The molecule has 4 rings (SSSR count). The number of carbonyl (C=O) groups excluding carboxylic acids is 2. The Kier molecular flexibility index (Phi) is 4.92. The first-order chi connectivity index (χ1) is 9.27. The first-order valence-electron chi connectivity index (χ1n) is 6.29. The fourth-order valence-electron chi connectivity index (χ4n) is 1.69. The van der Waals surface area contributed by atoms with Crippen molar-refractivity contribution in [3.8, 4) is 0 Å². The van der Waals surface area contributed by atoms with Crippen molar-refractivity contribution < 1.29 is 23.8 Å². The van der Waals surface area contributed by atoms with Gasteiger partial charge in [0.2, 0.25) is 0 Å². The molecule has 0 N–H and O–H groups in total. The fraction of sp³-hybridized carbons (Fsp3) is 0.429. The second kappa shape index (κ2) is 6.89. The molecule has 0 atom stereocenters. The Labute approximate surface area is 111 Å². The Morgan fingerprint density at radius 3 is 1.42 bits per heavy atom. The molecule has 102 valence electrons. The molecule has 0 aromatic heterocycles. The highest BCUT2D eigenvalue weighted by Crippen LogP contribution is 2.09. The topological polar surface area (TPSA) is 61.8 Å². The van der Waals surface area contributed by atoms with Gasteiger partial charge in [0.25, 0.3) is 0 Å². The van der Waals surface area contributed by atoms with Crippen molar-refractivity contribution in [1.29, 1.82) is 0 Å². The highest BCUT2D eigenvalue weighted by Gasteiger charge is 2.13. The molecule has 0 saturated carbocycles. The minimum Gasteiger partial charge on any atom is -0.458 e. The molecule has 3 heterocycles. The van der Waals surface area contributed by atoms with E-state index in [-0.39, 0.29) is 13.2 Å². The summed E-state index contributed by atoms with van der Waals surface area (Å²) in [5.74, 6) is -0.788. The van der Waals surface area contributed by atoms with Crippen LogP contribution in [0, 0.1) is 0 Å². The van der Waals surface area contributed by atoms with E-state index in [4.69, 9.17) is 14.2 Å². The predicted molar refractivity (Wildman–Crippen MR) is 67.1 cm³/mol. The lowest BCUT2D eigenvalue weighted by Crippen LogP contribution is -2.16. The molecule has 0 amide bonds. The summed E-state index contributed by atoms with van der Waals surface area (Å²) in [5, 5.41) is 0. The Bertz CT molecular complexity index is 389. The van der Waals surface area contributed by atoms with Crippen LogP contribution in [-0.2, 0) is 14.2 Å². The zero-order valence-corrected chi connectivity index (χ0v) is 10.6. The van der Waals surface area contributed by atoms with E-state index >= 15 is 0 Å². The van der Waals surface area contributed by atoms with E-state index in [1.54, 1.807) is 24.3 Å². The molecule has 0 spiro atoms. The quantitative estimate of drug-likeness (QED) is 0.669. The van der Waals surface area contributed by atoms with Crippen molar-refractivity contribution in [3.63, 3.8) is 0 Å². The minimum absolute atomic E-state index is 0.100. The third kappa shape index (κ3) is 4.06. The number of hydrogen-bond acceptors (Lipinski definition) is 5. The Hall–Kier alpha value is -1.88. The maximum absolute atomic E-state index is 11.3. The molecule has 5 heteroatoms. The first-order valence-corrected chi connectivity index (χ1v) is 6.29. The van der Waals surface area contributed by atoms with Crippen LogP contribution in [0.1, 0.15) is 33.6 Å². The van der Waals surface area contributed by atoms with Crippen molar-refractivity contribution in [2.75, 3.05) is 26.4 Å². The van der Waals surface area contributed by atoms with Gasteiger partial charge in [-0.15, -0.1) is 0 Å². The number of carbonyl (C=O) groups is 2. The third-order valence-corrected chi connectivity index (χ3v) is 2.73. The molecular weight excluding hydrogens is 248 g/mol. The molecule has 3 aliphatic rings. The maximum atomic E-state index is 11.3. The van der Waals surface area contributed by atoms with Gasteiger partial charge >= 0.3 is 11.9 Å². The van der Waals surface area contributed by atoms with Gasteiger partial charge in [0.05, 0.1) is 11.1 Å². The van der Waals surface area contributed by atoms with E-state index in [9.17, 15) is 9.59 Å². The minimum atomic E-state index is -0.394. The molecule has 5 nitrogen and oxygen atoms in total. The van der Waals surface area contributed by atoms with Crippen molar-refractivity contribution in [2.24, 2.45) is 0 Å². The standard InChI is InChI=1S/C10H8O4.C4H8O/c11-9-7-1-2-8(4-3-7)10(12)14-6-5-13-9;1-2-4-5-3-1/h1-4H,5-6H2;1-4H2. The molecule has 1 fully saturated rings. The number of hydrogen-bond donors (Lipinski definition) is 0. The van der Waals surface area contributed by atoms with E-state index in [0.717, 1.165) is 13.2 Å². The molecule has 2 bridgehead atoms. The number of esters is 2. The fourth-order valence-corrected chi connectivity index (χ4v) is 1.69. The van der Waals surface area contributed by atoms with Gasteiger partial charge in [-0.1, -0.05) is 0 Å². The Morgan fingerprint density at radius 1 is 0.684 bits per heavy atom. The van der Waals surface area contributed by atoms with Gasteiger partial charge in [-0.05, 0) is 37.1 Å². The van der Waals surface area contributed by atoms with E-state index < -0.39 is 11.9 Å². The van der Waals surface area contributed by atoms with E-state index in [1.807, 2.05) is 0 Å². The summed E-state index contributed by atoms with van der Waals surface area (Å²) in [5.41, 5.74) is 0.895. The highest BCUT2D eigenvalue weighted by molar-refractivity contribution is 5.93. The van der Waals surface area contributed by atoms with E-state index in [0.29, 0.717) is 11.1 Å². The second-order valence-electron chi connectivity index (χ2n) is 4.17. The van der Waals surface area contributed by atoms with Crippen molar-refractivity contribution in [1.82, 2.24) is 0 Å². The monoisotopic (exact) mass is 264 g/mol. The first kappa shape index (κ1) is 13.5. The van der Waals surface area contributed by atoms with Crippen molar-refractivity contribution >= 4 is 11.9 Å². The molecule has 19 heavy (non-hydrogen) atoms. The number of rotatable bonds is 0. The molecule has 0 radical (unpaired) electrons. The molecule has 1 aromatic carbocycles. The third-order valence-electron chi connectivity index (χ3n) is 2.73. The lowest BCUT2D eigenvalue weighted by Gasteiger charge is -2.09. The summed E-state index contributed by atoms with van der Waals surface area (Å²) in [6.45, 7) is 2.20. The van der Waals surface area contributed by atoms with Crippen LogP contribution in [-0.4, -0.2) is 38.4 Å². The second-order valence-corrected chi connectivity index (χ2v) is 4.17. The van der Waals surface area contributed by atoms with Crippen LogP contribution in [0.25, 0.3) is 0 Å². The van der Waals surface area contributed by atoms with Crippen LogP contribution < -0.4 is 0 Å². The number of ether oxygens (including phenoxy) is 3. The summed E-state index contributed by atoms with van der Waals surface area (Å²) in [6.07, 6.45) is 2.56. The molecule has 0 unspecified atom stereocenters. The van der Waals surface area contributed by atoms with Gasteiger partial charge in [-0.3, -0.25) is 0 Å². The van der Waals surface area contributed by atoms with Gasteiger partial charge in [-0.25, -0.2) is 9.59 Å². The lowest BCUT2D eigenvalue weighted by molar-refractivity contribution is 0.0260. The van der Waals surface area contributed by atoms with Gasteiger partial charge in [-0.2, -0.15) is 0 Å². The SMILES string of the molecule is C1CCOC1.O=C1OCCOC(=O)c2ccc1cc2. The lowest BCUT2D eigenvalue weighted by atomic mass is 10.1. The van der Waals surface area contributed by atoms with E-state index in [2.05, 4.69) is 0 Å². The zero-order chi connectivity index (χ0) is 13.5. The van der Waals surface area contributed by atoms with Gasteiger partial charge in [0, 0.05) is 13.2 Å². The summed E-state index contributed by atoms with van der Waals surface area (Å²) in [6, 6.07) is 6.18. The largest absolute Gasteiger partial charge is 0.458 e. The predicted octanol–water partition coefficient (Wildman–Crippen LogP) is 1.81. The number of benzene rings is 1. The average Bonchev–Trinajstić information content (AvgIpc) is 3.02. The molecule has 3 aliphatic heterocycles. The maximum Gasteiger partial charge on any atom is 0.338 e. The van der Waals surface area contributed by atoms with Gasteiger partial charge in [0.15, 0.2) is 0 Å². The van der Waals surface area contributed by atoms with Crippen molar-refractivity contribution in [2.45, 2.75) is 12.8 Å². The summed E-state index contributed by atoms with van der Waals surface area (Å²) < 4.78 is 14.6. The summed E-state index contributed by atoms with van der Waals surface area (Å²) in [7, 11) is 0. The Morgan fingerprint density at radius 2 is 1.11 bits per heavy atom. The normalized spacial score (nSPS) is 18.1. The molecular formula is C14H16O5. The highest BCUT2D eigenvalue weighted by atomic mass is 16.6. The van der Waals surface area contributed by atoms with Crippen LogP contribution in [0.5, 0.6) is 0 Å². The van der Waals surface area contributed by atoms with Crippen LogP contribution in [0.4, 0.5) is 0 Å². The number of fused-ring (bicyclic) bond motifs is 7. The van der Waals surface area contributed by atoms with Gasteiger partial charge in [0.1, 0.15) is 13.2 Å². The van der Waals surface area contributed by atoms with Gasteiger partial charge < -0.3 is 14.2 Å². The van der Waals surface area contributed by atoms with Crippen molar-refractivity contribution in [3.05, 3.63) is 35.4 Å². The Balaban J connectivity index is 0.000000224. The van der Waals surface area contributed by atoms with Crippen LogP contribution in [0.2, 0.25) is 0 Å². The van der Waals surface area contributed by atoms with E-state index in [1.165, 1.54) is 12.8 Å². The molecule has 1 aromatic rings.